The minimum absolute atomic E-state index is 0.334. The summed E-state index contributed by atoms with van der Waals surface area (Å²) in [5.74, 6) is 0.844. The van der Waals surface area contributed by atoms with Gasteiger partial charge >= 0.3 is 0 Å². The first-order valence-electron chi connectivity index (χ1n) is 7.59. The van der Waals surface area contributed by atoms with Gasteiger partial charge in [0, 0.05) is 12.4 Å². The number of pyridine rings is 1. The van der Waals surface area contributed by atoms with Gasteiger partial charge < -0.3 is 9.47 Å². The number of hydrogen-bond donors (Lipinski definition) is 1. The van der Waals surface area contributed by atoms with Crippen LogP contribution in [0.5, 0.6) is 11.5 Å². The van der Waals surface area contributed by atoms with E-state index < -0.39 is 0 Å². The molecule has 0 unspecified atom stereocenters. The predicted octanol–water partition coefficient (Wildman–Crippen LogP) is 3.57. The monoisotopic (exact) mass is 403 g/mol. The summed E-state index contributed by atoms with van der Waals surface area (Å²) >= 11 is 3.46. The van der Waals surface area contributed by atoms with E-state index in [9.17, 15) is 4.79 Å². The van der Waals surface area contributed by atoms with Crippen LogP contribution in [0, 0.1) is 0 Å². The zero-order chi connectivity index (χ0) is 18.1. The summed E-state index contributed by atoms with van der Waals surface area (Å²) in [6, 6.07) is 6.95. The zero-order valence-corrected chi connectivity index (χ0v) is 15.3. The third kappa shape index (κ3) is 5.42. The topological polar surface area (TPSA) is 72.8 Å². The molecule has 0 atom stereocenters. The normalized spacial score (nSPS) is 10.5. The largest absolute Gasteiger partial charge is 0.490 e. The predicted molar refractivity (Wildman–Crippen MR) is 100 cm³/mol. The molecule has 0 aliphatic rings. The van der Waals surface area contributed by atoms with Gasteiger partial charge in [-0.3, -0.25) is 9.78 Å². The van der Waals surface area contributed by atoms with E-state index in [1.165, 1.54) is 12.4 Å². The third-order valence-electron chi connectivity index (χ3n) is 2.98. The average Bonchev–Trinajstić information content (AvgIpc) is 2.62. The van der Waals surface area contributed by atoms with Crippen LogP contribution in [0.1, 0.15) is 22.8 Å². The van der Waals surface area contributed by atoms with E-state index in [0.717, 1.165) is 10.0 Å². The molecule has 1 amide bonds. The number of hydrazone groups is 1. The number of amides is 1. The van der Waals surface area contributed by atoms with E-state index in [1.54, 1.807) is 30.5 Å². The quantitative estimate of drug-likeness (QED) is 0.415. The van der Waals surface area contributed by atoms with Crippen molar-refractivity contribution in [2.45, 2.75) is 6.92 Å². The molecule has 0 spiro atoms. The maximum absolute atomic E-state index is 11.9. The second-order valence-electron chi connectivity index (χ2n) is 4.80. The number of carbonyl (C=O) groups excluding carboxylic acids is 1. The van der Waals surface area contributed by atoms with Crippen molar-refractivity contribution >= 4 is 28.1 Å². The minimum Gasteiger partial charge on any atom is -0.490 e. The van der Waals surface area contributed by atoms with Gasteiger partial charge in [-0.1, -0.05) is 12.7 Å². The molecule has 1 heterocycles. The van der Waals surface area contributed by atoms with Crippen molar-refractivity contribution in [3.05, 3.63) is 64.9 Å². The van der Waals surface area contributed by atoms with Crippen LogP contribution in [0.25, 0.3) is 0 Å². The first-order chi connectivity index (χ1) is 12.2. The van der Waals surface area contributed by atoms with Crippen LogP contribution < -0.4 is 14.9 Å². The Labute approximate surface area is 154 Å². The van der Waals surface area contributed by atoms with Gasteiger partial charge in [-0.15, -0.1) is 0 Å². The first-order valence-corrected chi connectivity index (χ1v) is 8.38. The highest BCUT2D eigenvalue weighted by Gasteiger charge is 2.11. The molecule has 0 fully saturated rings. The van der Waals surface area contributed by atoms with E-state index in [2.05, 4.69) is 38.0 Å². The zero-order valence-electron chi connectivity index (χ0n) is 13.7. The molecule has 25 heavy (non-hydrogen) atoms. The van der Waals surface area contributed by atoms with Crippen LogP contribution in [0.4, 0.5) is 0 Å². The van der Waals surface area contributed by atoms with Crippen molar-refractivity contribution in [1.82, 2.24) is 10.4 Å². The molecule has 0 saturated heterocycles. The fourth-order valence-corrected chi connectivity index (χ4v) is 2.51. The van der Waals surface area contributed by atoms with Crippen molar-refractivity contribution in [3.8, 4) is 11.5 Å². The SMILES string of the molecule is C=CCOc1c(Br)cc(/C=N\NC(=O)c2cccnc2)cc1OCC. The standard InChI is InChI=1S/C18H18BrN3O3/c1-3-8-25-17-15(19)9-13(10-16(17)24-4-2)11-21-22-18(23)14-6-5-7-20-12-14/h3,5-7,9-12H,1,4,8H2,2H3,(H,22,23)/b21-11-. The molecule has 0 aliphatic heterocycles. The number of ether oxygens (including phenoxy) is 2. The van der Waals surface area contributed by atoms with E-state index >= 15 is 0 Å². The summed E-state index contributed by atoms with van der Waals surface area (Å²) in [7, 11) is 0. The molecule has 0 bridgehead atoms. The number of nitrogens with zero attached hydrogens (tertiary/aromatic N) is 2. The lowest BCUT2D eigenvalue weighted by molar-refractivity contribution is 0.0955. The summed E-state index contributed by atoms with van der Waals surface area (Å²) in [4.78, 5) is 15.8. The number of halogens is 1. The van der Waals surface area contributed by atoms with Gasteiger partial charge in [0.2, 0.25) is 0 Å². The molecular formula is C18H18BrN3O3. The Morgan fingerprint density at radius 3 is 2.96 bits per heavy atom. The molecule has 6 nitrogen and oxygen atoms in total. The Kier molecular flexibility index (Phi) is 7.16. The number of hydrogen-bond acceptors (Lipinski definition) is 5. The van der Waals surface area contributed by atoms with Crippen molar-refractivity contribution in [1.29, 1.82) is 0 Å². The number of nitrogens with one attached hydrogen (secondary N) is 1. The Balaban J connectivity index is 2.13. The summed E-state index contributed by atoms with van der Waals surface area (Å²) in [6.07, 6.45) is 6.26. The molecule has 2 rings (SSSR count). The lowest BCUT2D eigenvalue weighted by Crippen LogP contribution is -2.17. The Bertz CT molecular complexity index is 764. The van der Waals surface area contributed by atoms with Crippen LogP contribution in [0.3, 0.4) is 0 Å². The fourth-order valence-electron chi connectivity index (χ4n) is 1.93. The summed E-state index contributed by atoms with van der Waals surface area (Å²) in [6.45, 7) is 6.39. The Hall–Kier alpha value is -2.67. The molecular weight excluding hydrogens is 386 g/mol. The molecule has 1 aromatic carbocycles. The van der Waals surface area contributed by atoms with Gasteiger partial charge in [-0.05, 0) is 52.7 Å². The molecule has 2 aromatic rings. The van der Waals surface area contributed by atoms with E-state index in [-0.39, 0.29) is 5.91 Å². The van der Waals surface area contributed by atoms with Gasteiger partial charge in [-0.2, -0.15) is 5.10 Å². The van der Waals surface area contributed by atoms with E-state index in [0.29, 0.717) is 30.3 Å². The maximum atomic E-state index is 11.9. The molecule has 1 aromatic heterocycles. The van der Waals surface area contributed by atoms with Crippen LogP contribution in [-0.4, -0.2) is 30.3 Å². The van der Waals surface area contributed by atoms with Gasteiger partial charge in [0.25, 0.3) is 5.91 Å². The Morgan fingerprint density at radius 1 is 1.44 bits per heavy atom. The fraction of sp³-hybridized carbons (Fsp3) is 0.167. The molecule has 7 heteroatoms. The van der Waals surface area contributed by atoms with Gasteiger partial charge in [0.05, 0.1) is 22.9 Å². The summed E-state index contributed by atoms with van der Waals surface area (Å²) < 4.78 is 11.9. The number of aromatic nitrogens is 1. The summed E-state index contributed by atoms with van der Waals surface area (Å²) in [5.41, 5.74) is 3.63. The van der Waals surface area contributed by atoms with E-state index in [4.69, 9.17) is 9.47 Å². The first kappa shape index (κ1) is 18.7. The molecule has 0 aliphatic carbocycles. The third-order valence-corrected chi connectivity index (χ3v) is 3.57. The highest BCUT2D eigenvalue weighted by atomic mass is 79.9. The highest BCUT2D eigenvalue weighted by molar-refractivity contribution is 9.10. The van der Waals surface area contributed by atoms with Crippen molar-refractivity contribution in [2.24, 2.45) is 5.10 Å². The molecule has 0 saturated carbocycles. The van der Waals surface area contributed by atoms with Gasteiger partial charge in [0.1, 0.15) is 6.61 Å². The smallest absolute Gasteiger partial charge is 0.272 e. The minimum atomic E-state index is -0.334. The average molecular weight is 404 g/mol. The lowest BCUT2D eigenvalue weighted by Gasteiger charge is -2.13. The number of rotatable bonds is 8. The van der Waals surface area contributed by atoms with Crippen molar-refractivity contribution in [3.63, 3.8) is 0 Å². The molecule has 130 valence electrons. The van der Waals surface area contributed by atoms with Crippen LogP contribution in [0.2, 0.25) is 0 Å². The Morgan fingerprint density at radius 2 is 2.28 bits per heavy atom. The maximum Gasteiger partial charge on any atom is 0.272 e. The van der Waals surface area contributed by atoms with Crippen LogP contribution in [-0.2, 0) is 0 Å². The van der Waals surface area contributed by atoms with Gasteiger partial charge in [0.15, 0.2) is 11.5 Å². The van der Waals surface area contributed by atoms with Crippen molar-refractivity contribution in [2.75, 3.05) is 13.2 Å². The van der Waals surface area contributed by atoms with Crippen molar-refractivity contribution < 1.29 is 14.3 Å². The molecule has 0 radical (unpaired) electrons. The molecule has 1 N–H and O–H groups in total. The lowest BCUT2D eigenvalue weighted by atomic mass is 10.2. The number of benzene rings is 1. The second kappa shape index (κ2) is 9.58. The highest BCUT2D eigenvalue weighted by Crippen LogP contribution is 2.36. The van der Waals surface area contributed by atoms with Crippen LogP contribution >= 0.6 is 15.9 Å². The van der Waals surface area contributed by atoms with E-state index in [1.807, 2.05) is 13.0 Å². The van der Waals surface area contributed by atoms with Crippen LogP contribution in [0.15, 0.2) is 58.9 Å². The number of carbonyl (C=O) groups is 1. The van der Waals surface area contributed by atoms with Gasteiger partial charge in [-0.25, -0.2) is 5.43 Å². The second-order valence-corrected chi connectivity index (χ2v) is 5.66. The summed E-state index contributed by atoms with van der Waals surface area (Å²) in [5, 5.41) is 3.97.